The fourth-order valence-corrected chi connectivity index (χ4v) is 2.24. The summed E-state index contributed by atoms with van der Waals surface area (Å²) in [5, 5.41) is 17.1. The summed E-state index contributed by atoms with van der Waals surface area (Å²) in [6, 6.07) is 0.183. The molecule has 0 amide bonds. The second-order valence-corrected chi connectivity index (χ2v) is 4.73. The van der Waals surface area contributed by atoms with Gasteiger partial charge in [-0.25, -0.2) is 4.98 Å². The van der Waals surface area contributed by atoms with Gasteiger partial charge in [0.1, 0.15) is 5.69 Å². The van der Waals surface area contributed by atoms with Crippen molar-refractivity contribution in [3.8, 4) is 0 Å². The number of nitrogens with one attached hydrogen (secondary N) is 2. The van der Waals surface area contributed by atoms with Crippen LogP contribution in [-0.2, 0) is 0 Å². The zero-order valence-corrected chi connectivity index (χ0v) is 11.3. The van der Waals surface area contributed by atoms with E-state index in [-0.39, 0.29) is 11.7 Å². The average Bonchev–Trinajstić information content (AvgIpc) is 2.73. The highest BCUT2D eigenvalue weighted by Crippen LogP contribution is 2.28. The van der Waals surface area contributed by atoms with E-state index in [1.54, 1.807) is 14.0 Å². The van der Waals surface area contributed by atoms with Crippen molar-refractivity contribution in [1.29, 1.82) is 0 Å². The topological polar surface area (TPSA) is 96.2 Å². The van der Waals surface area contributed by atoms with E-state index in [2.05, 4.69) is 25.5 Å². The lowest BCUT2D eigenvalue weighted by molar-refractivity contribution is -0.385. The van der Waals surface area contributed by atoms with Crippen molar-refractivity contribution in [3.05, 3.63) is 15.8 Å². The van der Waals surface area contributed by atoms with Gasteiger partial charge in [-0.1, -0.05) is 0 Å². The number of hydrogen-bond acceptors (Lipinski definition) is 7. The predicted octanol–water partition coefficient (Wildman–Crippen LogP) is 0.851. The third-order valence-corrected chi connectivity index (χ3v) is 3.20. The number of aryl methyl sites for hydroxylation is 1. The maximum absolute atomic E-state index is 11.1. The Balaban J connectivity index is 2.31. The Morgan fingerprint density at radius 1 is 1.47 bits per heavy atom. The molecule has 0 aliphatic carbocycles. The zero-order valence-electron chi connectivity index (χ0n) is 11.3. The van der Waals surface area contributed by atoms with Crippen LogP contribution in [0.3, 0.4) is 0 Å². The van der Waals surface area contributed by atoms with E-state index in [4.69, 9.17) is 0 Å². The van der Waals surface area contributed by atoms with Gasteiger partial charge in [-0.2, -0.15) is 4.98 Å². The molecule has 8 heteroatoms. The van der Waals surface area contributed by atoms with Crippen LogP contribution in [0.5, 0.6) is 0 Å². The third-order valence-electron chi connectivity index (χ3n) is 3.20. The van der Waals surface area contributed by atoms with Gasteiger partial charge in [0.25, 0.3) is 0 Å². The van der Waals surface area contributed by atoms with Crippen molar-refractivity contribution in [2.75, 3.05) is 37.8 Å². The van der Waals surface area contributed by atoms with Crippen molar-refractivity contribution in [2.24, 2.45) is 0 Å². The molecular formula is C11H18N6O2. The molecule has 1 aliphatic heterocycles. The third kappa shape index (κ3) is 2.90. The molecule has 1 atom stereocenters. The van der Waals surface area contributed by atoms with Gasteiger partial charge in [0.2, 0.25) is 11.8 Å². The van der Waals surface area contributed by atoms with Crippen LogP contribution in [-0.4, -0.2) is 53.0 Å². The van der Waals surface area contributed by atoms with Crippen LogP contribution in [0.15, 0.2) is 0 Å². The summed E-state index contributed by atoms with van der Waals surface area (Å²) in [5.41, 5.74) is 0.312. The van der Waals surface area contributed by atoms with Crippen LogP contribution in [0.4, 0.5) is 17.5 Å². The van der Waals surface area contributed by atoms with Crippen LogP contribution in [0.1, 0.15) is 12.1 Å². The monoisotopic (exact) mass is 266 g/mol. The van der Waals surface area contributed by atoms with E-state index in [0.717, 1.165) is 19.5 Å². The quantitative estimate of drug-likeness (QED) is 0.616. The molecule has 8 nitrogen and oxygen atoms in total. The van der Waals surface area contributed by atoms with Crippen molar-refractivity contribution in [3.63, 3.8) is 0 Å². The summed E-state index contributed by atoms with van der Waals surface area (Å²) in [5.74, 6) is 0.680. The van der Waals surface area contributed by atoms with E-state index in [1.807, 2.05) is 7.05 Å². The van der Waals surface area contributed by atoms with E-state index < -0.39 is 4.92 Å². The zero-order chi connectivity index (χ0) is 14.0. The van der Waals surface area contributed by atoms with Gasteiger partial charge >= 0.3 is 5.69 Å². The van der Waals surface area contributed by atoms with Gasteiger partial charge in [-0.05, 0) is 26.9 Å². The predicted molar refractivity (Wildman–Crippen MR) is 72.5 cm³/mol. The second-order valence-electron chi connectivity index (χ2n) is 4.73. The fraction of sp³-hybridized carbons (Fsp3) is 0.636. The van der Waals surface area contributed by atoms with Crippen LogP contribution in [0.25, 0.3) is 0 Å². The lowest BCUT2D eigenvalue weighted by Crippen LogP contribution is -2.25. The average molecular weight is 266 g/mol. The molecule has 1 aliphatic rings. The minimum absolute atomic E-state index is 0.0476. The molecule has 19 heavy (non-hydrogen) atoms. The number of anilines is 2. The first kappa shape index (κ1) is 13.5. The molecule has 2 heterocycles. The molecule has 0 radical (unpaired) electrons. The van der Waals surface area contributed by atoms with E-state index >= 15 is 0 Å². The van der Waals surface area contributed by atoms with Gasteiger partial charge in [-0.3, -0.25) is 10.1 Å². The van der Waals surface area contributed by atoms with E-state index in [1.165, 1.54) is 0 Å². The van der Waals surface area contributed by atoms with Crippen molar-refractivity contribution >= 4 is 17.5 Å². The van der Waals surface area contributed by atoms with Crippen molar-refractivity contribution in [2.45, 2.75) is 19.4 Å². The van der Waals surface area contributed by atoms with E-state index in [9.17, 15) is 10.1 Å². The Labute approximate surface area is 111 Å². The number of rotatable bonds is 4. The molecule has 0 aromatic carbocycles. The SMILES string of the molecule is CNc1nc(C)c([N+](=O)[O-])c(NC2CCN(C)C2)n1. The number of likely N-dealkylation sites (tertiary alicyclic amines) is 1. The maximum atomic E-state index is 11.1. The summed E-state index contributed by atoms with van der Waals surface area (Å²) < 4.78 is 0. The molecule has 1 saturated heterocycles. The summed E-state index contributed by atoms with van der Waals surface area (Å²) in [4.78, 5) is 21.1. The number of nitro groups is 1. The molecule has 1 unspecified atom stereocenters. The molecular weight excluding hydrogens is 248 g/mol. The second kappa shape index (κ2) is 5.35. The van der Waals surface area contributed by atoms with Gasteiger partial charge in [0.05, 0.1) is 4.92 Å². The minimum Gasteiger partial charge on any atom is -0.360 e. The standard InChI is InChI=1S/C11H18N6O2/c1-7-9(17(18)19)10(15-11(12-2)13-7)14-8-4-5-16(3)6-8/h8H,4-6H2,1-3H3,(H2,12,13,14,15). The van der Waals surface area contributed by atoms with Gasteiger partial charge in [0, 0.05) is 19.6 Å². The number of nitrogens with zero attached hydrogens (tertiary/aromatic N) is 4. The highest BCUT2D eigenvalue weighted by molar-refractivity contribution is 5.61. The van der Waals surface area contributed by atoms with E-state index in [0.29, 0.717) is 17.5 Å². The Bertz CT molecular complexity index is 492. The summed E-state index contributed by atoms with van der Waals surface area (Å²) >= 11 is 0. The van der Waals surface area contributed by atoms with Gasteiger partial charge in [-0.15, -0.1) is 0 Å². The molecule has 104 valence electrons. The van der Waals surface area contributed by atoms with Crippen molar-refractivity contribution < 1.29 is 4.92 Å². The molecule has 1 aromatic heterocycles. The molecule has 0 saturated carbocycles. The number of likely N-dealkylation sites (N-methyl/N-ethyl adjacent to an activating group) is 1. The van der Waals surface area contributed by atoms with Crippen molar-refractivity contribution in [1.82, 2.24) is 14.9 Å². The minimum atomic E-state index is -0.435. The summed E-state index contributed by atoms with van der Waals surface area (Å²) in [6.45, 7) is 3.45. The van der Waals surface area contributed by atoms with Crippen LogP contribution >= 0.6 is 0 Å². The molecule has 0 spiro atoms. The molecule has 1 fully saturated rings. The lowest BCUT2D eigenvalue weighted by atomic mass is 10.2. The first-order valence-corrected chi connectivity index (χ1v) is 6.17. The maximum Gasteiger partial charge on any atom is 0.332 e. The summed E-state index contributed by atoms with van der Waals surface area (Å²) in [6.07, 6.45) is 0.950. The Morgan fingerprint density at radius 2 is 2.21 bits per heavy atom. The first-order valence-electron chi connectivity index (χ1n) is 6.17. The lowest BCUT2D eigenvalue weighted by Gasteiger charge is -2.14. The Morgan fingerprint density at radius 3 is 2.74 bits per heavy atom. The van der Waals surface area contributed by atoms with Gasteiger partial charge in [0.15, 0.2) is 0 Å². The Kier molecular flexibility index (Phi) is 3.79. The molecule has 1 aromatic rings. The smallest absolute Gasteiger partial charge is 0.332 e. The number of hydrogen-bond donors (Lipinski definition) is 2. The fourth-order valence-electron chi connectivity index (χ4n) is 2.24. The molecule has 2 N–H and O–H groups in total. The largest absolute Gasteiger partial charge is 0.360 e. The Hall–Kier alpha value is -1.96. The first-order chi connectivity index (χ1) is 9.01. The summed E-state index contributed by atoms with van der Waals surface area (Å²) in [7, 11) is 3.72. The highest BCUT2D eigenvalue weighted by Gasteiger charge is 2.26. The normalized spacial score (nSPS) is 19.4. The van der Waals surface area contributed by atoms with Crippen LogP contribution in [0.2, 0.25) is 0 Å². The highest BCUT2D eigenvalue weighted by atomic mass is 16.6. The van der Waals surface area contributed by atoms with Crippen LogP contribution in [0, 0.1) is 17.0 Å². The molecule has 2 rings (SSSR count). The number of aromatic nitrogens is 2. The van der Waals surface area contributed by atoms with Gasteiger partial charge < -0.3 is 15.5 Å². The van der Waals surface area contributed by atoms with Crippen LogP contribution < -0.4 is 10.6 Å². The molecule has 0 bridgehead atoms.